The van der Waals surface area contributed by atoms with Crippen molar-refractivity contribution in [3.63, 3.8) is 0 Å². The fourth-order valence-corrected chi connectivity index (χ4v) is 2.47. The van der Waals surface area contributed by atoms with E-state index < -0.39 is 0 Å². The first-order valence-corrected chi connectivity index (χ1v) is 6.60. The van der Waals surface area contributed by atoms with Gasteiger partial charge in [-0.1, -0.05) is 25.5 Å². The van der Waals surface area contributed by atoms with E-state index in [9.17, 15) is 0 Å². The Morgan fingerprint density at radius 3 is 3.06 bits per heavy atom. The van der Waals surface area contributed by atoms with Crippen LogP contribution >= 0.6 is 0 Å². The number of nitrogens with one attached hydrogen (secondary N) is 2. The van der Waals surface area contributed by atoms with Gasteiger partial charge in [-0.25, -0.2) is 10.4 Å². The summed E-state index contributed by atoms with van der Waals surface area (Å²) >= 11 is 0. The van der Waals surface area contributed by atoms with Crippen LogP contribution in [0, 0.1) is 5.92 Å². The van der Waals surface area contributed by atoms with Gasteiger partial charge in [0.2, 0.25) is 5.95 Å². The van der Waals surface area contributed by atoms with Crippen LogP contribution in [-0.2, 0) is 0 Å². The zero-order valence-corrected chi connectivity index (χ0v) is 10.6. The van der Waals surface area contributed by atoms with Crippen LogP contribution in [0.25, 0.3) is 11.0 Å². The number of aromatic amines is 1. The Morgan fingerprint density at radius 2 is 2.22 bits per heavy atom. The molecule has 1 heterocycles. The number of aromatic nitrogens is 2. The minimum atomic E-state index is 0.593. The van der Waals surface area contributed by atoms with Crippen LogP contribution < -0.4 is 5.43 Å². The maximum absolute atomic E-state index is 4.50. The van der Waals surface area contributed by atoms with E-state index in [1.54, 1.807) is 0 Å². The minimum absolute atomic E-state index is 0.593. The lowest BCUT2D eigenvalue weighted by Gasteiger charge is -2.19. The van der Waals surface area contributed by atoms with E-state index in [0.717, 1.165) is 23.4 Å². The number of imidazole rings is 1. The smallest absolute Gasteiger partial charge is 0.222 e. The molecule has 4 nitrogen and oxygen atoms in total. The number of anilines is 1. The first-order chi connectivity index (χ1) is 8.83. The number of hydrogen-bond acceptors (Lipinski definition) is 3. The molecule has 94 valence electrons. The first-order valence-electron chi connectivity index (χ1n) is 6.60. The quantitative estimate of drug-likeness (QED) is 0.791. The third-order valence-corrected chi connectivity index (χ3v) is 3.58. The largest absolute Gasteiger partial charge is 0.323 e. The molecule has 0 radical (unpaired) electrons. The summed E-state index contributed by atoms with van der Waals surface area (Å²) in [6.07, 6.45) is 4.94. The fraction of sp³-hybridized carbons (Fsp3) is 0.429. The van der Waals surface area contributed by atoms with Gasteiger partial charge in [0, 0.05) is 5.71 Å². The zero-order valence-electron chi connectivity index (χ0n) is 10.6. The van der Waals surface area contributed by atoms with Gasteiger partial charge in [0.1, 0.15) is 0 Å². The molecule has 4 heteroatoms. The number of rotatable bonds is 2. The molecule has 0 amide bonds. The number of hydrogen-bond donors (Lipinski definition) is 2. The van der Waals surface area contributed by atoms with Gasteiger partial charge in [-0.2, -0.15) is 5.10 Å². The average Bonchev–Trinajstić information content (AvgIpc) is 2.80. The predicted molar refractivity (Wildman–Crippen MR) is 74.8 cm³/mol. The van der Waals surface area contributed by atoms with E-state index >= 15 is 0 Å². The van der Waals surface area contributed by atoms with Gasteiger partial charge in [0.15, 0.2) is 0 Å². The van der Waals surface area contributed by atoms with Crippen LogP contribution in [0.4, 0.5) is 5.95 Å². The highest BCUT2D eigenvalue weighted by atomic mass is 15.4. The fourth-order valence-electron chi connectivity index (χ4n) is 2.47. The maximum atomic E-state index is 4.50. The summed E-state index contributed by atoms with van der Waals surface area (Å²) in [5.74, 6) is 1.32. The summed E-state index contributed by atoms with van der Waals surface area (Å²) < 4.78 is 0. The molecule has 1 aromatic heterocycles. The minimum Gasteiger partial charge on any atom is -0.323 e. The number of fused-ring (bicyclic) bond motifs is 1. The van der Waals surface area contributed by atoms with Gasteiger partial charge in [-0.15, -0.1) is 0 Å². The van der Waals surface area contributed by atoms with Gasteiger partial charge >= 0.3 is 0 Å². The molecule has 1 saturated carbocycles. The van der Waals surface area contributed by atoms with Crippen molar-refractivity contribution < 1.29 is 0 Å². The van der Waals surface area contributed by atoms with Crippen molar-refractivity contribution in [3.8, 4) is 0 Å². The molecular formula is C14H18N4. The van der Waals surface area contributed by atoms with E-state index in [1.807, 2.05) is 24.3 Å². The lowest BCUT2D eigenvalue weighted by atomic mass is 9.89. The van der Waals surface area contributed by atoms with Crippen LogP contribution in [0.3, 0.4) is 0 Å². The third-order valence-electron chi connectivity index (χ3n) is 3.58. The van der Waals surface area contributed by atoms with Gasteiger partial charge < -0.3 is 4.98 Å². The van der Waals surface area contributed by atoms with E-state index in [2.05, 4.69) is 27.4 Å². The standard InChI is InChI=1S/C14H18N4/c1-10-6-2-3-7-11(10)17-18-14-15-12-8-4-5-9-13(12)16-14/h4-5,8-10H,2-3,6-7H2,1H3,(H2,15,16,18)/b17-11+/t10-/m1/s1. The molecule has 0 bridgehead atoms. The first kappa shape index (κ1) is 11.3. The molecule has 0 saturated heterocycles. The summed E-state index contributed by atoms with van der Waals surface area (Å²) in [5.41, 5.74) is 6.33. The van der Waals surface area contributed by atoms with Crippen molar-refractivity contribution in [3.05, 3.63) is 24.3 Å². The molecule has 1 atom stereocenters. The average molecular weight is 242 g/mol. The summed E-state index contributed by atoms with van der Waals surface area (Å²) in [6, 6.07) is 8.00. The van der Waals surface area contributed by atoms with Crippen LogP contribution in [-0.4, -0.2) is 15.7 Å². The molecule has 1 aliphatic rings. The number of benzene rings is 1. The van der Waals surface area contributed by atoms with Crippen molar-refractivity contribution in [1.82, 2.24) is 9.97 Å². The lowest BCUT2D eigenvalue weighted by Crippen LogP contribution is -2.17. The van der Waals surface area contributed by atoms with E-state index in [1.165, 1.54) is 25.0 Å². The molecule has 1 aromatic carbocycles. The molecule has 2 N–H and O–H groups in total. The second-order valence-electron chi connectivity index (χ2n) is 4.96. The Labute approximate surface area is 107 Å². The van der Waals surface area contributed by atoms with Crippen LogP contribution in [0.1, 0.15) is 32.6 Å². The molecular weight excluding hydrogens is 224 g/mol. The molecule has 2 aromatic rings. The Morgan fingerprint density at radius 1 is 1.33 bits per heavy atom. The molecule has 1 fully saturated rings. The second-order valence-corrected chi connectivity index (χ2v) is 4.96. The summed E-state index contributed by atoms with van der Waals surface area (Å²) in [4.78, 5) is 7.67. The molecule has 0 aliphatic heterocycles. The Kier molecular flexibility index (Phi) is 3.00. The lowest BCUT2D eigenvalue weighted by molar-refractivity contribution is 0.558. The Balaban J connectivity index is 1.77. The topological polar surface area (TPSA) is 53.1 Å². The van der Waals surface area contributed by atoms with Crippen molar-refractivity contribution >= 4 is 22.7 Å². The molecule has 18 heavy (non-hydrogen) atoms. The Bertz CT molecular complexity index is 537. The van der Waals surface area contributed by atoms with Gasteiger partial charge in [-0.3, -0.25) is 0 Å². The van der Waals surface area contributed by atoms with Crippen LogP contribution in [0.5, 0.6) is 0 Å². The highest BCUT2D eigenvalue weighted by molar-refractivity contribution is 5.87. The summed E-state index contributed by atoms with van der Waals surface area (Å²) in [5, 5.41) is 4.50. The van der Waals surface area contributed by atoms with Crippen molar-refractivity contribution in [2.75, 3.05) is 5.43 Å². The monoisotopic (exact) mass is 242 g/mol. The maximum Gasteiger partial charge on any atom is 0.222 e. The third kappa shape index (κ3) is 2.23. The van der Waals surface area contributed by atoms with Gasteiger partial charge in [-0.05, 0) is 37.3 Å². The highest BCUT2D eigenvalue weighted by Gasteiger charge is 2.15. The zero-order chi connectivity index (χ0) is 12.4. The van der Waals surface area contributed by atoms with Crippen LogP contribution in [0.15, 0.2) is 29.4 Å². The number of hydrazone groups is 1. The van der Waals surface area contributed by atoms with Gasteiger partial charge in [0.05, 0.1) is 11.0 Å². The number of nitrogens with zero attached hydrogens (tertiary/aromatic N) is 2. The number of H-pyrrole nitrogens is 1. The number of para-hydroxylation sites is 2. The predicted octanol–water partition coefficient (Wildman–Crippen LogP) is 3.54. The molecule has 1 aliphatic carbocycles. The van der Waals surface area contributed by atoms with Crippen LogP contribution in [0.2, 0.25) is 0 Å². The van der Waals surface area contributed by atoms with Crippen molar-refractivity contribution in [2.24, 2.45) is 11.0 Å². The second kappa shape index (κ2) is 4.80. The molecule has 0 unspecified atom stereocenters. The highest BCUT2D eigenvalue weighted by Crippen LogP contribution is 2.21. The van der Waals surface area contributed by atoms with E-state index in [4.69, 9.17) is 0 Å². The van der Waals surface area contributed by atoms with Crippen molar-refractivity contribution in [1.29, 1.82) is 0 Å². The van der Waals surface area contributed by atoms with Crippen molar-refractivity contribution in [2.45, 2.75) is 32.6 Å². The Hall–Kier alpha value is -1.84. The molecule has 0 spiro atoms. The normalized spacial score (nSPS) is 22.5. The summed E-state index contributed by atoms with van der Waals surface area (Å²) in [7, 11) is 0. The van der Waals surface area contributed by atoms with E-state index in [-0.39, 0.29) is 0 Å². The SMILES string of the molecule is C[C@@H]1CCCC/C1=N\Nc1nc2ccccc2[nH]1. The summed E-state index contributed by atoms with van der Waals surface area (Å²) in [6.45, 7) is 2.25. The molecule has 3 rings (SSSR count). The van der Waals surface area contributed by atoms with Gasteiger partial charge in [0.25, 0.3) is 0 Å². The van der Waals surface area contributed by atoms with E-state index in [0.29, 0.717) is 5.92 Å².